The number of fused-ring (bicyclic) bond motifs is 1. The second-order valence-electron chi connectivity index (χ2n) is 3.16. The highest BCUT2D eigenvalue weighted by Gasteiger charge is 2.08. The molecule has 0 bridgehead atoms. The average Bonchev–Trinajstić information content (AvgIpc) is 2.76. The van der Waals surface area contributed by atoms with Crippen LogP contribution in [0.3, 0.4) is 0 Å². The molecule has 0 atom stereocenters. The average molecular weight is 215 g/mol. The van der Waals surface area contributed by atoms with Crippen molar-refractivity contribution in [1.29, 1.82) is 0 Å². The summed E-state index contributed by atoms with van der Waals surface area (Å²) in [6, 6.07) is 9.13. The van der Waals surface area contributed by atoms with Crippen LogP contribution in [0.4, 0.5) is 0 Å². The molecular weight excluding hydrogens is 209 g/mol. The molecule has 2 heterocycles. The summed E-state index contributed by atoms with van der Waals surface area (Å²) in [6.45, 7) is 0. The van der Waals surface area contributed by atoms with Crippen LogP contribution >= 0.6 is 0 Å². The second-order valence-corrected chi connectivity index (χ2v) is 3.16. The van der Waals surface area contributed by atoms with Gasteiger partial charge in [-0.25, -0.2) is 0 Å². The van der Waals surface area contributed by atoms with E-state index in [2.05, 4.69) is 25.6 Å². The summed E-state index contributed by atoms with van der Waals surface area (Å²) in [5, 5.41) is 14.7. The van der Waals surface area contributed by atoms with Gasteiger partial charge in [-0.15, -0.1) is 5.10 Å². The molecule has 78 valence electrons. The van der Waals surface area contributed by atoms with E-state index >= 15 is 0 Å². The minimum atomic E-state index is -0.312. The van der Waals surface area contributed by atoms with E-state index in [0.29, 0.717) is 5.69 Å². The summed E-state index contributed by atoms with van der Waals surface area (Å²) < 4.78 is 1.18. The molecule has 3 rings (SSSR count). The lowest BCUT2D eigenvalue weighted by molar-refractivity contribution is 0.725. The summed E-state index contributed by atoms with van der Waals surface area (Å²) in [6.07, 6.45) is 0. The first-order chi connectivity index (χ1) is 7.84. The number of H-pyrrole nitrogens is 1. The number of aromatic amines is 1. The van der Waals surface area contributed by atoms with E-state index in [1.807, 2.05) is 18.2 Å². The van der Waals surface area contributed by atoms with E-state index in [9.17, 15) is 4.79 Å². The lowest BCUT2D eigenvalue weighted by Gasteiger charge is -1.97. The smallest absolute Gasteiger partial charge is 0.279 e. The van der Waals surface area contributed by atoms with Crippen molar-refractivity contribution in [3.63, 3.8) is 0 Å². The molecule has 0 aliphatic carbocycles. The SMILES string of the molecule is O=c1[nH]c2n[15n]nn2nc1-c1ccccc1. The van der Waals surface area contributed by atoms with Crippen LogP contribution in [-0.2, 0) is 0 Å². The topological polar surface area (TPSA) is 88.8 Å². The van der Waals surface area contributed by atoms with Crippen molar-refractivity contribution in [2.24, 2.45) is 0 Å². The molecule has 7 heteroatoms. The molecule has 0 unspecified atom stereocenters. The van der Waals surface area contributed by atoms with Gasteiger partial charge in [-0.05, 0) is 10.4 Å². The number of hydrogen-bond acceptors (Lipinski definition) is 5. The number of nitrogens with zero attached hydrogens (tertiary/aromatic N) is 5. The Labute approximate surface area is 88.7 Å². The molecule has 7 nitrogen and oxygen atoms in total. The van der Waals surface area contributed by atoms with Gasteiger partial charge in [0.15, 0.2) is 5.69 Å². The van der Waals surface area contributed by atoms with E-state index in [1.165, 1.54) is 4.63 Å². The fourth-order valence-corrected chi connectivity index (χ4v) is 1.41. The molecule has 16 heavy (non-hydrogen) atoms. The maximum atomic E-state index is 11.7. The van der Waals surface area contributed by atoms with E-state index in [0.717, 1.165) is 5.56 Å². The molecule has 1 N–H and O–H groups in total. The summed E-state index contributed by atoms with van der Waals surface area (Å²) >= 11 is 0. The number of benzene rings is 1. The predicted molar refractivity (Wildman–Crippen MR) is 54.6 cm³/mol. The van der Waals surface area contributed by atoms with Crippen molar-refractivity contribution in [2.45, 2.75) is 0 Å². The van der Waals surface area contributed by atoms with Crippen LogP contribution in [0.2, 0.25) is 0 Å². The molecular formula is C9H6N6O. The van der Waals surface area contributed by atoms with Gasteiger partial charge in [0.1, 0.15) is 0 Å². The maximum absolute atomic E-state index is 11.7. The monoisotopic (exact) mass is 215 g/mol. The first-order valence-corrected chi connectivity index (χ1v) is 4.59. The molecule has 2 aromatic heterocycles. The highest BCUT2D eigenvalue weighted by atomic mass is 16.1. The van der Waals surface area contributed by atoms with Crippen molar-refractivity contribution in [3.8, 4) is 11.3 Å². The standard InChI is InChI=1S/C9H6N6O/c16-8-7(6-4-2-1-3-5-6)12-15-9(10-8)11-13-14-15/h1-5H,(H,10,11,14,16)/i13+1. The van der Waals surface area contributed by atoms with Gasteiger partial charge >= 0.3 is 0 Å². The van der Waals surface area contributed by atoms with Gasteiger partial charge in [0, 0.05) is 5.56 Å². The normalized spacial score (nSPS) is 10.8. The zero-order valence-electron chi connectivity index (χ0n) is 8.03. The van der Waals surface area contributed by atoms with Crippen molar-refractivity contribution < 1.29 is 0 Å². The minimum Gasteiger partial charge on any atom is -0.286 e. The number of nitrogens with one attached hydrogen (secondary N) is 1. The lowest BCUT2D eigenvalue weighted by atomic mass is 10.2. The molecule has 0 amide bonds. The third kappa shape index (κ3) is 1.26. The van der Waals surface area contributed by atoms with Crippen LogP contribution < -0.4 is 5.56 Å². The third-order valence-corrected chi connectivity index (χ3v) is 2.14. The summed E-state index contributed by atoms with van der Waals surface area (Å²) in [7, 11) is 0. The Morgan fingerprint density at radius 3 is 2.81 bits per heavy atom. The van der Waals surface area contributed by atoms with E-state index in [-0.39, 0.29) is 11.3 Å². The van der Waals surface area contributed by atoms with E-state index in [1.54, 1.807) is 12.1 Å². The van der Waals surface area contributed by atoms with Crippen LogP contribution in [0, 0.1) is 0 Å². The van der Waals surface area contributed by atoms with Gasteiger partial charge in [-0.2, -0.15) is 0 Å². The van der Waals surface area contributed by atoms with Crippen molar-refractivity contribution in [2.75, 3.05) is 0 Å². The fraction of sp³-hybridized carbons (Fsp3) is 0. The van der Waals surface area contributed by atoms with Crippen molar-refractivity contribution in [1.82, 2.24) is 30.2 Å². The van der Waals surface area contributed by atoms with Crippen LogP contribution in [-0.4, -0.2) is 30.2 Å². The third-order valence-electron chi connectivity index (χ3n) is 2.14. The van der Waals surface area contributed by atoms with Gasteiger partial charge in [-0.1, -0.05) is 40.1 Å². The number of hydrogen-bond donors (Lipinski definition) is 1. The van der Waals surface area contributed by atoms with Gasteiger partial charge in [-0.3, -0.25) is 9.78 Å². The minimum absolute atomic E-state index is 0.227. The van der Waals surface area contributed by atoms with Crippen LogP contribution in [0.5, 0.6) is 0 Å². The zero-order valence-corrected chi connectivity index (χ0v) is 8.03. The Morgan fingerprint density at radius 1 is 1.19 bits per heavy atom. The Balaban J connectivity index is 2.31. The molecule has 0 fully saturated rings. The lowest BCUT2D eigenvalue weighted by Crippen LogP contribution is -2.15. The van der Waals surface area contributed by atoms with Crippen LogP contribution in [0.1, 0.15) is 0 Å². The van der Waals surface area contributed by atoms with E-state index in [4.69, 9.17) is 0 Å². The van der Waals surface area contributed by atoms with Gasteiger partial charge in [0.25, 0.3) is 11.3 Å². The molecule has 0 spiro atoms. The summed E-state index contributed by atoms with van der Waals surface area (Å²) in [5.41, 5.74) is 0.704. The fourth-order valence-electron chi connectivity index (χ4n) is 1.41. The molecule has 0 saturated heterocycles. The van der Waals surface area contributed by atoms with Gasteiger partial charge < -0.3 is 0 Å². The highest BCUT2D eigenvalue weighted by molar-refractivity contribution is 5.57. The maximum Gasteiger partial charge on any atom is 0.279 e. The number of aromatic nitrogens is 6. The first kappa shape index (κ1) is 8.72. The Bertz CT molecular complexity index is 686. The molecule has 3 aromatic rings. The largest absolute Gasteiger partial charge is 0.286 e. The summed E-state index contributed by atoms with van der Waals surface area (Å²) in [5.74, 6) is 0.227. The molecule has 0 aliphatic heterocycles. The van der Waals surface area contributed by atoms with Crippen LogP contribution in [0.15, 0.2) is 35.1 Å². The van der Waals surface area contributed by atoms with Gasteiger partial charge in [0.05, 0.1) is 0 Å². The Morgan fingerprint density at radius 2 is 2.00 bits per heavy atom. The second kappa shape index (κ2) is 3.23. The molecule has 0 aliphatic rings. The van der Waals surface area contributed by atoms with Crippen molar-refractivity contribution in [3.05, 3.63) is 40.7 Å². The Hall–Kier alpha value is -2.57. The Kier molecular flexibility index (Phi) is 1.76. The highest BCUT2D eigenvalue weighted by Crippen LogP contribution is 2.10. The first-order valence-electron chi connectivity index (χ1n) is 4.59. The van der Waals surface area contributed by atoms with Gasteiger partial charge in [0.2, 0.25) is 0 Å². The predicted octanol–water partition coefficient (Wildman–Crippen LogP) is -0.125. The number of rotatable bonds is 1. The molecule has 0 saturated carbocycles. The summed E-state index contributed by atoms with van der Waals surface area (Å²) in [4.78, 5) is 14.3. The molecule has 1 aromatic carbocycles. The van der Waals surface area contributed by atoms with Crippen LogP contribution in [0.25, 0.3) is 17.0 Å². The zero-order chi connectivity index (χ0) is 11.0. The van der Waals surface area contributed by atoms with E-state index < -0.39 is 0 Å². The molecule has 0 radical (unpaired) electrons. The quantitative estimate of drug-likeness (QED) is 0.611. The number of tetrazole rings is 1. The van der Waals surface area contributed by atoms with Crippen molar-refractivity contribution >= 4 is 5.78 Å².